The van der Waals surface area contributed by atoms with Gasteiger partial charge in [-0.05, 0) is 31.5 Å². The molecule has 1 aromatic carbocycles. The van der Waals surface area contributed by atoms with Crippen molar-refractivity contribution in [1.29, 1.82) is 0 Å². The third kappa shape index (κ3) is 2.42. The lowest BCUT2D eigenvalue weighted by atomic mass is 10.3. The van der Waals surface area contributed by atoms with Crippen molar-refractivity contribution in [2.45, 2.75) is 0 Å². The molecule has 0 saturated carbocycles. The number of methoxy groups -OCH3 is 1. The lowest BCUT2D eigenvalue weighted by molar-refractivity contribution is 0.414. The Kier molecular flexibility index (Phi) is 3.34. The van der Waals surface area contributed by atoms with Crippen LogP contribution < -0.4 is 15.8 Å². The highest BCUT2D eigenvalue weighted by Crippen LogP contribution is 2.28. The summed E-state index contributed by atoms with van der Waals surface area (Å²) in [5.41, 5.74) is 7.82. The molecule has 0 unspecified atom stereocenters. The van der Waals surface area contributed by atoms with Gasteiger partial charge in [-0.1, -0.05) is 7.92 Å². The standard InChI is InChI=1S/C12H16N3OP/c1-16-10-7-14-15(8-10)9-4-5-11(13)12(6-9)17(2)3/h4-8H,13H2,1-3H3. The molecule has 1 aromatic heterocycles. The van der Waals surface area contributed by atoms with E-state index in [1.54, 1.807) is 18.0 Å². The topological polar surface area (TPSA) is 53.1 Å². The predicted molar refractivity (Wildman–Crippen MR) is 72.9 cm³/mol. The van der Waals surface area contributed by atoms with Crippen LogP contribution in [0.25, 0.3) is 5.69 Å². The molecular formula is C12H16N3OP. The normalized spacial score (nSPS) is 10.8. The van der Waals surface area contributed by atoms with Crippen molar-refractivity contribution < 1.29 is 4.74 Å². The minimum absolute atomic E-state index is 0.217. The van der Waals surface area contributed by atoms with Crippen LogP contribution in [0.3, 0.4) is 0 Å². The van der Waals surface area contributed by atoms with Crippen LogP contribution in [0, 0.1) is 0 Å². The largest absolute Gasteiger partial charge is 0.493 e. The molecule has 0 saturated heterocycles. The molecule has 0 aliphatic heterocycles. The molecule has 90 valence electrons. The van der Waals surface area contributed by atoms with Crippen molar-refractivity contribution >= 4 is 18.9 Å². The third-order valence-electron chi connectivity index (χ3n) is 2.55. The molecule has 2 N–H and O–H groups in total. The van der Waals surface area contributed by atoms with Gasteiger partial charge in [0.25, 0.3) is 0 Å². The first-order valence-electron chi connectivity index (χ1n) is 5.27. The highest BCUT2D eigenvalue weighted by Gasteiger charge is 2.07. The summed E-state index contributed by atoms with van der Waals surface area (Å²) < 4.78 is 6.91. The van der Waals surface area contributed by atoms with E-state index in [0.717, 1.165) is 17.1 Å². The number of ether oxygens (including phenoxy) is 1. The highest BCUT2D eigenvalue weighted by molar-refractivity contribution is 7.64. The predicted octanol–water partition coefficient (Wildman–Crippen LogP) is 1.83. The molecule has 0 radical (unpaired) electrons. The molecule has 2 rings (SSSR count). The number of anilines is 1. The van der Waals surface area contributed by atoms with Gasteiger partial charge in [-0.15, -0.1) is 0 Å². The average molecular weight is 249 g/mol. The van der Waals surface area contributed by atoms with Gasteiger partial charge in [-0.25, -0.2) is 4.68 Å². The van der Waals surface area contributed by atoms with E-state index in [4.69, 9.17) is 10.5 Å². The SMILES string of the molecule is COc1cnn(-c2ccc(N)c(P(C)C)c2)c1. The summed E-state index contributed by atoms with van der Waals surface area (Å²) >= 11 is 0. The van der Waals surface area contributed by atoms with Crippen LogP contribution in [0.15, 0.2) is 30.6 Å². The van der Waals surface area contributed by atoms with Crippen molar-refractivity contribution in [3.8, 4) is 11.4 Å². The van der Waals surface area contributed by atoms with Crippen LogP contribution >= 0.6 is 7.92 Å². The summed E-state index contributed by atoms with van der Waals surface area (Å²) in [5, 5.41) is 5.45. The van der Waals surface area contributed by atoms with E-state index in [9.17, 15) is 0 Å². The van der Waals surface area contributed by atoms with Crippen molar-refractivity contribution in [3.63, 3.8) is 0 Å². The summed E-state index contributed by atoms with van der Waals surface area (Å²) in [7, 11) is 1.41. The molecule has 5 heteroatoms. The first-order chi connectivity index (χ1) is 8.11. The molecule has 4 nitrogen and oxygen atoms in total. The zero-order valence-electron chi connectivity index (χ0n) is 10.2. The first-order valence-corrected chi connectivity index (χ1v) is 7.51. The van der Waals surface area contributed by atoms with Crippen molar-refractivity contribution in [2.24, 2.45) is 0 Å². The first kappa shape index (κ1) is 11.9. The molecule has 17 heavy (non-hydrogen) atoms. The van der Waals surface area contributed by atoms with Crippen LogP contribution in [-0.4, -0.2) is 30.2 Å². The number of aromatic nitrogens is 2. The van der Waals surface area contributed by atoms with Gasteiger partial charge in [-0.2, -0.15) is 5.10 Å². The molecule has 0 bridgehead atoms. The number of nitrogens with zero attached hydrogens (tertiary/aromatic N) is 2. The van der Waals surface area contributed by atoms with E-state index in [-0.39, 0.29) is 7.92 Å². The van der Waals surface area contributed by atoms with E-state index in [0.29, 0.717) is 0 Å². The Labute approximate surface area is 102 Å². The van der Waals surface area contributed by atoms with Gasteiger partial charge in [0.2, 0.25) is 0 Å². The molecule has 0 amide bonds. The van der Waals surface area contributed by atoms with Gasteiger partial charge < -0.3 is 10.5 Å². The van der Waals surface area contributed by atoms with Crippen molar-refractivity contribution in [3.05, 3.63) is 30.6 Å². The second-order valence-electron chi connectivity index (χ2n) is 3.96. The van der Waals surface area contributed by atoms with Gasteiger partial charge in [0.05, 0.1) is 25.2 Å². The molecule has 0 aliphatic rings. The minimum atomic E-state index is -0.217. The number of nitrogens with two attached hydrogens (primary N) is 1. The lowest BCUT2D eigenvalue weighted by Gasteiger charge is -2.11. The number of benzene rings is 1. The zero-order valence-corrected chi connectivity index (χ0v) is 11.1. The molecule has 0 fully saturated rings. The van der Waals surface area contributed by atoms with Gasteiger partial charge in [0, 0.05) is 11.0 Å². The Bertz CT molecular complexity index is 522. The Balaban J connectivity index is 2.42. The van der Waals surface area contributed by atoms with Crippen LogP contribution in [0.5, 0.6) is 5.75 Å². The molecule has 0 spiro atoms. The summed E-state index contributed by atoms with van der Waals surface area (Å²) in [6, 6.07) is 5.98. The Hall–Kier alpha value is -1.54. The van der Waals surface area contributed by atoms with E-state index in [1.807, 2.05) is 18.3 Å². The highest BCUT2D eigenvalue weighted by atomic mass is 31.1. The van der Waals surface area contributed by atoms with Crippen molar-refractivity contribution in [2.75, 3.05) is 26.2 Å². The quantitative estimate of drug-likeness (QED) is 0.667. The zero-order chi connectivity index (χ0) is 12.4. The molecule has 2 aromatic rings. The number of hydrogen-bond acceptors (Lipinski definition) is 3. The Morgan fingerprint density at radius 2 is 2.12 bits per heavy atom. The maximum Gasteiger partial charge on any atom is 0.157 e. The monoisotopic (exact) mass is 249 g/mol. The lowest BCUT2D eigenvalue weighted by Crippen LogP contribution is -2.09. The summed E-state index contributed by atoms with van der Waals surface area (Å²) in [5.74, 6) is 0.749. The Morgan fingerprint density at radius 1 is 1.35 bits per heavy atom. The fourth-order valence-electron chi connectivity index (χ4n) is 1.61. The Morgan fingerprint density at radius 3 is 2.71 bits per heavy atom. The van der Waals surface area contributed by atoms with E-state index < -0.39 is 0 Å². The van der Waals surface area contributed by atoms with Crippen molar-refractivity contribution in [1.82, 2.24) is 9.78 Å². The van der Waals surface area contributed by atoms with Crippen LogP contribution in [-0.2, 0) is 0 Å². The van der Waals surface area contributed by atoms with Gasteiger partial charge in [-0.3, -0.25) is 0 Å². The van der Waals surface area contributed by atoms with Gasteiger partial charge >= 0.3 is 0 Å². The van der Waals surface area contributed by atoms with E-state index in [2.05, 4.69) is 24.5 Å². The smallest absolute Gasteiger partial charge is 0.157 e. The third-order valence-corrected chi connectivity index (χ3v) is 3.91. The average Bonchev–Trinajstić information content (AvgIpc) is 2.78. The second-order valence-corrected chi connectivity index (χ2v) is 6.23. The van der Waals surface area contributed by atoms with Crippen LogP contribution in [0.1, 0.15) is 0 Å². The van der Waals surface area contributed by atoms with E-state index in [1.165, 1.54) is 5.30 Å². The second kappa shape index (κ2) is 4.76. The molecule has 0 aliphatic carbocycles. The summed E-state index contributed by atoms with van der Waals surface area (Å²) in [6.45, 7) is 4.38. The van der Waals surface area contributed by atoms with Crippen LogP contribution in [0.2, 0.25) is 0 Å². The number of rotatable bonds is 3. The number of nitrogen functional groups attached to an aromatic ring is 1. The fourth-order valence-corrected chi connectivity index (χ4v) is 2.60. The van der Waals surface area contributed by atoms with Gasteiger partial charge in [0.15, 0.2) is 5.75 Å². The molecule has 0 atom stereocenters. The summed E-state index contributed by atoms with van der Waals surface area (Å²) in [6.07, 6.45) is 3.54. The minimum Gasteiger partial charge on any atom is -0.493 e. The van der Waals surface area contributed by atoms with Crippen LogP contribution in [0.4, 0.5) is 5.69 Å². The maximum atomic E-state index is 5.96. The maximum absolute atomic E-state index is 5.96. The summed E-state index contributed by atoms with van der Waals surface area (Å²) in [4.78, 5) is 0. The molecular weight excluding hydrogens is 233 g/mol. The fraction of sp³-hybridized carbons (Fsp3) is 0.250. The van der Waals surface area contributed by atoms with Gasteiger partial charge in [0.1, 0.15) is 0 Å². The molecule has 1 heterocycles. The number of hydrogen-bond donors (Lipinski definition) is 1. The van der Waals surface area contributed by atoms with E-state index >= 15 is 0 Å².